The Morgan fingerprint density at radius 2 is 1.71 bits per heavy atom. The van der Waals surface area contributed by atoms with E-state index < -0.39 is 30.4 Å². The fraction of sp³-hybridized carbons (Fsp3) is 0.867. The molecule has 24 heavy (non-hydrogen) atoms. The lowest BCUT2D eigenvalue weighted by atomic mass is 9.99. The summed E-state index contributed by atoms with van der Waals surface area (Å²) in [6, 6.07) is 0. The number of carbonyl (C=O) groups excluding carboxylic acids is 2. The van der Waals surface area contributed by atoms with Gasteiger partial charge in [0.05, 0.1) is 25.9 Å². The standard InChI is InChI=1S/C15H28N2O7/c1-5-20-17(21-6-2)8-7-12-9-13(22-10(3)18)14(15(16)24-12)23-11(4)19/h12-15H,5-9,16H2,1-4H3. The molecule has 9 heteroatoms. The van der Waals surface area contributed by atoms with Crippen molar-refractivity contribution < 1.29 is 33.5 Å². The van der Waals surface area contributed by atoms with E-state index in [0.29, 0.717) is 32.6 Å². The largest absolute Gasteiger partial charge is 0.458 e. The van der Waals surface area contributed by atoms with Crippen LogP contribution in [0.2, 0.25) is 0 Å². The lowest BCUT2D eigenvalue weighted by Crippen LogP contribution is -2.55. The van der Waals surface area contributed by atoms with Crippen LogP contribution in [-0.2, 0) is 33.5 Å². The summed E-state index contributed by atoms with van der Waals surface area (Å²) in [5, 5.41) is 1.40. The molecule has 0 amide bonds. The van der Waals surface area contributed by atoms with E-state index in [2.05, 4.69) is 0 Å². The summed E-state index contributed by atoms with van der Waals surface area (Å²) >= 11 is 0. The van der Waals surface area contributed by atoms with Crippen molar-refractivity contribution in [3.63, 3.8) is 0 Å². The first-order chi connectivity index (χ1) is 11.4. The SMILES string of the molecule is CCON(CCC1CC(OC(C)=O)C(OC(C)=O)C(N)O1)OCC. The van der Waals surface area contributed by atoms with Crippen LogP contribution in [0.4, 0.5) is 0 Å². The second-order valence-corrected chi connectivity index (χ2v) is 5.36. The van der Waals surface area contributed by atoms with E-state index in [1.165, 1.54) is 19.1 Å². The summed E-state index contributed by atoms with van der Waals surface area (Å²) in [6.07, 6.45) is -1.69. The molecule has 0 saturated carbocycles. The van der Waals surface area contributed by atoms with Gasteiger partial charge < -0.3 is 19.9 Å². The number of nitrogens with two attached hydrogens (primary N) is 1. The van der Waals surface area contributed by atoms with Gasteiger partial charge in [0.2, 0.25) is 0 Å². The minimum atomic E-state index is -0.871. The fourth-order valence-corrected chi connectivity index (χ4v) is 2.51. The number of rotatable bonds is 9. The van der Waals surface area contributed by atoms with Gasteiger partial charge in [-0.2, -0.15) is 0 Å². The molecule has 1 fully saturated rings. The Balaban J connectivity index is 2.64. The molecule has 1 heterocycles. The summed E-state index contributed by atoms with van der Waals surface area (Å²) in [7, 11) is 0. The highest BCUT2D eigenvalue weighted by Gasteiger charge is 2.41. The molecule has 0 aromatic carbocycles. The Labute approximate surface area is 142 Å². The molecule has 4 atom stereocenters. The second-order valence-electron chi connectivity index (χ2n) is 5.36. The summed E-state index contributed by atoms with van der Waals surface area (Å²) in [6.45, 7) is 7.71. The maximum atomic E-state index is 11.3. The zero-order chi connectivity index (χ0) is 18.1. The van der Waals surface area contributed by atoms with Gasteiger partial charge in [0.15, 0.2) is 6.10 Å². The average Bonchev–Trinajstić information content (AvgIpc) is 2.48. The monoisotopic (exact) mass is 348 g/mol. The van der Waals surface area contributed by atoms with Gasteiger partial charge >= 0.3 is 11.9 Å². The first kappa shape index (κ1) is 20.8. The molecule has 9 nitrogen and oxygen atoms in total. The smallest absolute Gasteiger partial charge is 0.303 e. The molecule has 0 aromatic rings. The topological polar surface area (TPSA) is 110 Å². The molecular weight excluding hydrogens is 320 g/mol. The summed E-state index contributed by atoms with van der Waals surface area (Å²) in [4.78, 5) is 33.2. The Morgan fingerprint density at radius 1 is 1.12 bits per heavy atom. The van der Waals surface area contributed by atoms with Crippen LogP contribution in [0, 0.1) is 0 Å². The number of nitrogens with zero attached hydrogens (tertiary/aromatic N) is 1. The molecule has 0 radical (unpaired) electrons. The van der Waals surface area contributed by atoms with Crippen molar-refractivity contribution >= 4 is 11.9 Å². The van der Waals surface area contributed by atoms with E-state index in [9.17, 15) is 9.59 Å². The van der Waals surface area contributed by atoms with Crippen molar-refractivity contribution in [2.75, 3.05) is 19.8 Å². The maximum Gasteiger partial charge on any atom is 0.303 e. The van der Waals surface area contributed by atoms with Crippen molar-refractivity contribution in [3.8, 4) is 0 Å². The molecule has 0 spiro atoms. The predicted octanol–water partition coefficient (Wildman–Crippen LogP) is 0.519. The summed E-state index contributed by atoms with van der Waals surface area (Å²) in [5.74, 6) is -0.969. The molecule has 0 bridgehead atoms. The van der Waals surface area contributed by atoms with Gasteiger partial charge in [0.1, 0.15) is 12.3 Å². The number of hydrogen-bond acceptors (Lipinski definition) is 9. The Hall–Kier alpha value is -1.26. The molecule has 1 rings (SSSR count). The van der Waals surface area contributed by atoms with Crippen LogP contribution in [0.3, 0.4) is 0 Å². The van der Waals surface area contributed by atoms with Gasteiger partial charge in [-0.1, -0.05) is 5.23 Å². The quantitative estimate of drug-likeness (QED) is 0.471. The van der Waals surface area contributed by atoms with Gasteiger partial charge in [-0.15, -0.1) is 0 Å². The van der Waals surface area contributed by atoms with Gasteiger partial charge in [-0.05, 0) is 20.3 Å². The molecule has 1 aliphatic heterocycles. The van der Waals surface area contributed by atoms with Crippen LogP contribution in [0.5, 0.6) is 0 Å². The van der Waals surface area contributed by atoms with E-state index in [0.717, 1.165) is 0 Å². The lowest BCUT2D eigenvalue weighted by Gasteiger charge is -2.39. The van der Waals surface area contributed by atoms with Crippen molar-refractivity contribution in [1.82, 2.24) is 5.23 Å². The first-order valence-electron chi connectivity index (χ1n) is 8.16. The zero-order valence-corrected chi connectivity index (χ0v) is 14.7. The average molecular weight is 348 g/mol. The van der Waals surface area contributed by atoms with Crippen molar-refractivity contribution in [2.45, 2.75) is 65.1 Å². The fourth-order valence-electron chi connectivity index (χ4n) is 2.51. The minimum absolute atomic E-state index is 0.278. The molecule has 2 N–H and O–H groups in total. The highest BCUT2D eigenvalue weighted by Crippen LogP contribution is 2.25. The number of esters is 2. The van der Waals surface area contributed by atoms with Crippen LogP contribution in [0.15, 0.2) is 0 Å². The van der Waals surface area contributed by atoms with E-state index >= 15 is 0 Å². The number of hydrogen-bond donors (Lipinski definition) is 1. The molecule has 4 unspecified atom stereocenters. The summed E-state index contributed by atoms with van der Waals surface area (Å²) < 4.78 is 16.1. The van der Waals surface area contributed by atoms with Crippen LogP contribution >= 0.6 is 0 Å². The maximum absolute atomic E-state index is 11.3. The van der Waals surface area contributed by atoms with E-state index in [4.69, 9.17) is 29.6 Å². The molecule has 140 valence electrons. The highest BCUT2D eigenvalue weighted by molar-refractivity contribution is 5.67. The molecule has 0 aromatic heterocycles. The van der Waals surface area contributed by atoms with Crippen molar-refractivity contribution in [2.24, 2.45) is 5.73 Å². The lowest BCUT2D eigenvalue weighted by molar-refractivity contribution is -0.366. The van der Waals surface area contributed by atoms with Crippen molar-refractivity contribution in [1.29, 1.82) is 0 Å². The van der Waals surface area contributed by atoms with E-state index in [1.54, 1.807) is 0 Å². The third-order valence-corrected chi connectivity index (χ3v) is 3.33. The molecule has 1 saturated heterocycles. The van der Waals surface area contributed by atoms with E-state index in [1.807, 2.05) is 13.8 Å². The summed E-state index contributed by atoms with van der Waals surface area (Å²) in [5.41, 5.74) is 5.94. The van der Waals surface area contributed by atoms with Gasteiger partial charge in [0, 0.05) is 20.3 Å². The molecular formula is C15H28N2O7. The normalized spacial score (nSPS) is 27.1. The van der Waals surface area contributed by atoms with Crippen molar-refractivity contribution in [3.05, 3.63) is 0 Å². The van der Waals surface area contributed by atoms with Crippen LogP contribution in [0.1, 0.15) is 40.5 Å². The van der Waals surface area contributed by atoms with Gasteiger partial charge in [0.25, 0.3) is 0 Å². The predicted molar refractivity (Wildman–Crippen MR) is 83.1 cm³/mol. The van der Waals surface area contributed by atoms with Crippen LogP contribution in [-0.4, -0.2) is 61.5 Å². The number of carbonyl (C=O) groups is 2. The zero-order valence-electron chi connectivity index (χ0n) is 14.7. The van der Waals surface area contributed by atoms with Crippen LogP contribution < -0.4 is 5.73 Å². The van der Waals surface area contributed by atoms with Gasteiger partial charge in [-0.25, -0.2) is 0 Å². The number of hydroxylamine groups is 2. The first-order valence-corrected chi connectivity index (χ1v) is 8.16. The van der Waals surface area contributed by atoms with E-state index in [-0.39, 0.29) is 6.10 Å². The Kier molecular flexibility index (Phi) is 9.16. The Morgan fingerprint density at radius 3 is 2.21 bits per heavy atom. The number of ether oxygens (including phenoxy) is 3. The third kappa shape index (κ3) is 7.10. The Bertz CT molecular complexity index is 401. The second kappa shape index (κ2) is 10.6. The minimum Gasteiger partial charge on any atom is -0.458 e. The highest BCUT2D eigenvalue weighted by atomic mass is 16.9. The molecule has 1 aliphatic rings. The van der Waals surface area contributed by atoms with Crippen LogP contribution in [0.25, 0.3) is 0 Å². The third-order valence-electron chi connectivity index (χ3n) is 3.33. The van der Waals surface area contributed by atoms with Gasteiger partial charge in [-0.3, -0.25) is 19.3 Å². The molecule has 0 aliphatic carbocycles.